The number of carbonyl (C=O) groups is 2. The number of amides is 1. The number of rotatable bonds is 5. The van der Waals surface area contributed by atoms with Crippen LogP contribution in [-0.4, -0.2) is 33.4 Å². The molecule has 0 fully saturated rings. The molecule has 3 aromatic rings. The van der Waals surface area contributed by atoms with Gasteiger partial charge in [-0.2, -0.15) is 5.10 Å². The largest absolute Gasteiger partial charge is 0.353 e. The van der Waals surface area contributed by atoms with E-state index in [0.29, 0.717) is 12.3 Å². The summed E-state index contributed by atoms with van der Waals surface area (Å²) in [5, 5.41) is 8.88. The summed E-state index contributed by atoms with van der Waals surface area (Å²) in [7, 11) is 0. The second-order valence-electron chi connectivity index (χ2n) is 10.4. The van der Waals surface area contributed by atoms with E-state index in [1.165, 1.54) is 11.1 Å². The SMILES string of the molecule is Cc1[nH]nc2c1CCCc1c-2[nH]c2cc3c(cc12)N(CC(=O)CCC(C)C)C(=O)C3(C)C. The minimum absolute atomic E-state index is 0.00866. The number of hydrogen-bond acceptors (Lipinski definition) is 3. The minimum Gasteiger partial charge on any atom is -0.353 e. The number of fused-ring (bicyclic) bond motifs is 6. The van der Waals surface area contributed by atoms with E-state index in [2.05, 4.69) is 48.1 Å². The molecule has 1 amide bonds. The van der Waals surface area contributed by atoms with Gasteiger partial charge in [0, 0.05) is 34.3 Å². The minimum atomic E-state index is -0.654. The molecule has 0 unspecified atom stereocenters. The number of Topliss-reactive ketones (excluding diaryl/α,β-unsaturated/α-hetero) is 1. The predicted octanol–water partition coefficient (Wildman–Crippen LogP) is 4.98. The molecule has 168 valence electrons. The first kappa shape index (κ1) is 21.0. The van der Waals surface area contributed by atoms with Crippen LogP contribution in [0.15, 0.2) is 12.1 Å². The number of nitrogens with zero attached hydrogens (tertiary/aromatic N) is 2. The highest BCUT2D eigenvalue weighted by molar-refractivity contribution is 6.12. The summed E-state index contributed by atoms with van der Waals surface area (Å²) in [6, 6.07) is 4.25. The Morgan fingerprint density at radius 2 is 1.97 bits per heavy atom. The Kier molecular flexibility index (Phi) is 4.80. The fraction of sp³-hybridized carbons (Fsp3) is 0.500. The summed E-state index contributed by atoms with van der Waals surface area (Å²) in [6.45, 7) is 10.4. The molecule has 0 saturated heterocycles. The molecule has 32 heavy (non-hydrogen) atoms. The van der Waals surface area contributed by atoms with Crippen LogP contribution in [0.2, 0.25) is 0 Å². The number of benzene rings is 1. The molecule has 6 nitrogen and oxygen atoms in total. The van der Waals surface area contributed by atoms with Crippen LogP contribution in [0.1, 0.15) is 69.3 Å². The number of anilines is 1. The van der Waals surface area contributed by atoms with Gasteiger partial charge in [-0.3, -0.25) is 14.7 Å². The van der Waals surface area contributed by atoms with E-state index >= 15 is 0 Å². The third-order valence-electron chi connectivity index (χ3n) is 7.27. The molecule has 0 atom stereocenters. The predicted molar refractivity (Wildman–Crippen MR) is 127 cm³/mol. The van der Waals surface area contributed by atoms with Crippen molar-refractivity contribution in [3.8, 4) is 11.4 Å². The molecular weight excluding hydrogens is 400 g/mol. The Morgan fingerprint density at radius 3 is 2.72 bits per heavy atom. The first-order valence-electron chi connectivity index (χ1n) is 11.8. The second-order valence-corrected chi connectivity index (χ2v) is 10.4. The maximum Gasteiger partial charge on any atom is 0.237 e. The van der Waals surface area contributed by atoms with Crippen molar-refractivity contribution in [1.82, 2.24) is 15.2 Å². The fourth-order valence-corrected chi connectivity index (χ4v) is 5.30. The van der Waals surface area contributed by atoms with E-state index < -0.39 is 5.41 Å². The molecule has 1 aliphatic carbocycles. The van der Waals surface area contributed by atoms with Gasteiger partial charge < -0.3 is 9.88 Å². The van der Waals surface area contributed by atoms with Gasteiger partial charge in [0.2, 0.25) is 5.91 Å². The zero-order valence-corrected chi connectivity index (χ0v) is 19.7. The van der Waals surface area contributed by atoms with Crippen molar-refractivity contribution in [3.63, 3.8) is 0 Å². The molecule has 6 heteroatoms. The van der Waals surface area contributed by atoms with Crippen LogP contribution >= 0.6 is 0 Å². The monoisotopic (exact) mass is 432 g/mol. The number of hydrogen-bond donors (Lipinski definition) is 2. The third-order valence-corrected chi connectivity index (χ3v) is 7.27. The van der Waals surface area contributed by atoms with Gasteiger partial charge in [-0.1, -0.05) is 13.8 Å². The molecule has 3 heterocycles. The number of aromatic nitrogens is 3. The van der Waals surface area contributed by atoms with Crippen LogP contribution in [-0.2, 0) is 27.8 Å². The maximum absolute atomic E-state index is 13.3. The summed E-state index contributed by atoms with van der Waals surface area (Å²) in [6.07, 6.45) is 4.41. The molecule has 0 radical (unpaired) electrons. The van der Waals surface area contributed by atoms with Crippen LogP contribution < -0.4 is 4.90 Å². The molecule has 2 N–H and O–H groups in total. The van der Waals surface area contributed by atoms with E-state index in [0.717, 1.165) is 64.9 Å². The average Bonchev–Trinajstić information content (AvgIpc) is 3.28. The second kappa shape index (κ2) is 7.32. The van der Waals surface area contributed by atoms with Crippen molar-refractivity contribution in [3.05, 3.63) is 34.5 Å². The van der Waals surface area contributed by atoms with Gasteiger partial charge in [-0.05, 0) is 75.6 Å². The zero-order chi connectivity index (χ0) is 22.8. The van der Waals surface area contributed by atoms with Gasteiger partial charge >= 0.3 is 0 Å². The molecule has 1 aromatic carbocycles. The highest BCUT2D eigenvalue weighted by atomic mass is 16.2. The number of ketones is 1. The van der Waals surface area contributed by atoms with Crippen LogP contribution in [0.4, 0.5) is 5.69 Å². The normalized spacial score (nSPS) is 16.9. The van der Waals surface area contributed by atoms with Crippen LogP contribution in [0.3, 0.4) is 0 Å². The smallest absolute Gasteiger partial charge is 0.237 e. The van der Waals surface area contributed by atoms with Crippen LogP contribution in [0, 0.1) is 12.8 Å². The third kappa shape index (κ3) is 3.11. The number of aromatic amines is 2. The molecule has 5 rings (SSSR count). The summed E-state index contributed by atoms with van der Waals surface area (Å²) in [5.74, 6) is 0.608. The van der Waals surface area contributed by atoms with Crippen molar-refractivity contribution < 1.29 is 9.59 Å². The Hall–Kier alpha value is -2.89. The van der Waals surface area contributed by atoms with E-state index in [1.807, 2.05) is 13.8 Å². The highest BCUT2D eigenvalue weighted by Gasteiger charge is 2.45. The Balaban J connectivity index is 1.60. The van der Waals surface area contributed by atoms with Crippen molar-refractivity contribution in [2.75, 3.05) is 11.4 Å². The summed E-state index contributed by atoms with van der Waals surface area (Å²) >= 11 is 0. The number of carbonyl (C=O) groups excluding carboxylic acids is 2. The maximum atomic E-state index is 13.3. The van der Waals surface area contributed by atoms with Gasteiger partial charge in [0.1, 0.15) is 5.69 Å². The van der Waals surface area contributed by atoms with Crippen molar-refractivity contribution in [2.45, 2.75) is 72.1 Å². The van der Waals surface area contributed by atoms with E-state index in [-0.39, 0.29) is 18.2 Å². The van der Waals surface area contributed by atoms with Gasteiger partial charge in [0.05, 0.1) is 17.7 Å². The zero-order valence-electron chi connectivity index (χ0n) is 19.7. The first-order chi connectivity index (χ1) is 15.2. The Bertz CT molecular complexity index is 1240. The lowest BCUT2D eigenvalue weighted by molar-refractivity contribution is -0.125. The van der Waals surface area contributed by atoms with E-state index in [4.69, 9.17) is 0 Å². The lowest BCUT2D eigenvalue weighted by Crippen LogP contribution is -2.39. The lowest BCUT2D eigenvalue weighted by Gasteiger charge is -2.20. The number of aryl methyl sites for hydroxylation is 2. The number of nitrogens with one attached hydrogen (secondary N) is 2. The van der Waals surface area contributed by atoms with Crippen molar-refractivity contribution >= 4 is 28.3 Å². The van der Waals surface area contributed by atoms with Crippen molar-refractivity contribution in [1.29, 1.82) is 0 Å². The lowest BCUT2D eigenvalue weighted by atomic mass is 9.85. The molecule has 2 aliphatic rings. The fourth-order valence-electron chi connectivity index (χ4n) is 5.30. The van der Waals surface area contributed by atoms with Gasteiger partial charge in [0.25, 0.3) is 0 Å². The molecule has 1 aliphatic heterocycles. The quantitative estimate of drug-likeness (QED) is 0.596. The molecule has 0 bridgehead atoms. The van der Waals surface area contributed by atoms with Crippen molar-refractivity contribution in [2.24, 2.45) is 5.92 Å². The van der Waals surface area contributed by atoms with Crippen LogP contribution in [0.25, 0.3) is 22.3 Å². The Labute approximate surface area is 188 Å². The highest BCUT2D eigenvalue weighted by Crippen LogP contribution is 2.46. The molecule has 0 saturated carbocycles. The summed E-state index contributed by atoms with van der Waals surface area (Å²) < 4.78 is 0. The van der Waals surface area contributed by atoms with E-state index in [9.17, 15) is 9.59 Å². The van der Waals surface area contributed by atoms with E-state index in [1.54, 1.807) is 4.90 Å². The van der Waals surface area contributed by atoms with Gasteiger partial charge in [-0.15, -0.1) is 0 Å². The summed E-state index contributed by atoms with van der Waals surface area (Å²) in [4.78, 5) is 31.3. The van der Waals surface area contributed by atoms with Gasteiger partial charge in [-0.25, -0.2) is 0 Å². The first-order valence-corrected chi connectivity index (χ1v) is 11.8. The molecule has 2 aromatic heterocycles. The average molecular weight is 433 g/mol. The van der Waals surface area contributed by atoms with Gasteiger partial charge in [0.15, 0.2) is 5.78 Å². The summed E-state index contributed by atoms with van der Waals surface area (Å²) in [5.41, 5.74) is 8.04. The number of H-pyrrole nitrogens is 2. The Morgan fingerprint density at radius 1 is 1.22 bits per heavy atom. The topological polar surface area (TPSA) is 81.8 Å². The molecular formula is C26H32N4O2. The standard InChI is InChI=1S/C26H32N4O2/c1-14(2)9-10-16(31)13-30-22-11-19-18-8-6-7-17-15(3)28-29-24(17)23(18)27-21(19)12-20(22)26(4,5)25(30)32/h11-12,14,27H,6-10,13H2,1-5H3,(H,28,29). The molecule has 0 spiro atoms. The van der Waals surface area contributed by atoms with Crippen LogP contribution in [0.5, 0.6) is 0 Å².